The number of benzene rings is 2. The molecule has 3 rings (SSSR count). The number of para-hydroxylation sites is 1. The highest BCUT2D eigenvalue weighted by Gasteiger charge is 2.34. The van der Waals surface area contributed by atoms with E-state index >= 15 is 0 Å². The number of amides is 2. The molecule has 0 spiro atoms. The fourth-order valence-electron chi connectivity index (χ4n) is 2.99. The average Bonchev–Trinajstić information content (AvgIpc) is 2.66. The van der Waals surface area contributed by atoms with Crippen molar-refractivity contribution in [2.24, 2.45) is 0 Å². The first-order chi connectivity index (χ1) is 13.8. The van der Waals surface area contributed by atoms with Crippen molar-refractivity contribution in [1.82, 2.24) is 5.32 Å². The van der Waals surface area contributed by atoms with Crippen molar-refractivity contribution in [3.8, 4) is 0 Å². The maximum Gasteiger partial charge on any atom is 0.276 e. The molecule has 8 heteroatoms. The third-order valence-electron chi connectivity index (χ3n) is 4.37. The molecule has 0 radical (unpaired) electrons. The standard InChI is InChI=1S/C21H17N3O4S/c1-13-10-11-17(14(2)12-13)23-20(26)16(19(25)22-21(23)29)8-5-7-15-6-3-4-9-18(15)24(27)28/h3-12H,1-2H3,(H,22,25,29)/b7-5+,16-8+. The van der Waals surface area contributed by atoms with Crippen LogP contribution in [0.15, 0.2) is 60.2 Å². The number of nitrogens with one attached hydrogen (secondary N) is 1. The Hall–Kier alpha value is -3.65. The minimum Gasteiger partial charge on any atom is -0.298 e. The van der Waals surface area contributed by atoms with E-state index in [4.69, 9.17) is 12.2 Å². The predicted octanol–water partition coefficient (Wildman–Crippen LogP) is 3.60. The molecule has 0 saturated carbocycles. The van der Waals surface area contributed by atoms with Crippen molar-refractivity contribution in [2.45, 2.75) is 13.8 Å². The minimum atomic E-state index is -0.617. The van der Waals surface area contributed by atoms with Crippen molar-refractivity contribution in [3.05, 3.63) is 87.0 Å². The maximum absolute atomic E-state index is 13.0. The van der Waals surface area contributed by atoms with E-state index in [0.717, 1.165) is 11.1 Å². The number of nitro groups is 1. The lowest BCUT2D eigenvalue weighted by atomic mass is 10.1. The third-order valence-corrected chi connectivity index (χ3v) is 4.65. The molecule has 1 saturated heterocycles. The van der Waals surface area contributed by atoms with Crippen LogP contribution in [0.4, 0.5) is 11.4 Å². The molecule has 2 aromatic rings. The van der Waals surface area contributed by atoms with Gasteiger partial charge in [-0.15, -0.1) is 0 Å². The fourth-order valence-corrected chi connectivity index (χ4v) is 3.27. The van der Waals surface area contributed by atoms with Gasteiger partial charge in [0.2, 0.25) is 0 Å². The van der Waals surface area contributed by atoms with Gasteiger partial charge in [0.1, 0.15) is 5.57 Å². The van der Waals surface area contributed by atoms with Gasteiger partial charge in [0.05, 0.1) is 16.2 Å². The molecule has 1 aliphatic rings. The summed E-state index contributed by atoms with van der Waals surface area (Å²) in [5, 5.41) is 13.6. The van der Waals surface area contributed by atoms with Crippen LogP contribution in [0.3, 0.4) is 0 Å². The molecule has 2 amide bonds. The number of hydrogen-bond acceptors (Lipinski definition) is 5. The van der Waals surface area contributed by atoms with Crippen molar-refractivity contribution in [2.75, 3.05) is 4.90 Å². The van der Waals surface area contributed by atoms with Crippen LogP contribution < -0.4 is 10.2 Å². The summed E-state index contributed by atoms with van der Waals surface area (Å²) < 4.78 is 0. The second-order valence-electron chi connectivity index (χ2n) is 6.45. The summed E-state index contributed by atoms with van der Waals surface area (Å²) in [4.78, 5) is 37.1. The Morgan fingerprint density at radius 1 is 1.14 bits per heavy atom. The molecule has 1 heterocycles. The van der Waals surface area contributed by atoms with Crippen molar-refractivity contribution in [1.29, 1.82) is 0 Å². The van der Waals surface area contributed by atoms with Gasteiger partial charge in [-0.2, -0.15) is 0 Å². The smallest absolute Gasteiger partial charge is 0.276 e. The van der Waals surface area contributed by atoms with Crippen molar-refractivity contribution < 1.29 is 14.5 Å². The number of allylic oxidation sites excluding steroid dienone is 2. The van der Waals surface area contributed by atoms with Crippen LogP contribution in [0.25, 0.3) is 6.08 Å². The number of nitrogens with zero attached hydrogens (tertiary/aromatic N) is 2. The highest BCUT2D eigenvalue weighted by Crippen LogP contribution is 2.25. The Balaban J connectivity index is 1.95. The lowest BCUT2D eigenvalue weighted by molar-refractivity contribution is -0.385. The van der Waals surface area contributed by atoms with E-state index in [1.807, 2.05) is 26.0 Å². The molecule has 0 aromatic heterocycles. The topological polar surface area (TPSA) is 92.6 Å². The van der Waals surface area contributed by atoms with Gasteiger partial charge in [-0.25, -0.2) is 0 Å². The predicted molar refractivity (Wildman–Crippen MR) is 114 cm³/mol. The summed E-state index contributed by atoms with van der Waals surface area (Å²) >= 11 is 5.20. The molecular weight excluding hydrogens is 390 g/mol. The van der Waals surface area contributed by atoms with Crippen LogP contribution in [0, 0.1) is 24.0 Å². The molecule has 1 fully saturated rings. The molecule has 2 aromatic carbocycles. The SMILES string of the molecule is Cc1ccc(N2C(=O)/C(=C/C=C/c3ccccc3[N+](=O)[O-])C(=O)NC2=S)c(C)c1. The first kappa shape index (κ1) is 20.1. The van der Waals surface area contributed by atoms with Crippen molar-refractivity contribution >= 4 is 46.6 Å². The zero-order chi connectivity index (χ0) is 21.1. The number of rotatable bonds is 4. The Kier molecular flexibility index (Phi) is 5.65. The van der Waals surface area contributed by atoms with Gasteiger partial charge in [0.15, 0.2) is 5.11 Å². The fraction of sp³-hybridized carbons (Fsp3) is 0.0952. The molecule has 1 aliphatic heterocycles. The van der Waals surface area contributed by atoms with Crippen LogP contribution in [-0.2, 0) is 9.59 Å². The van der Waals surface area contributed by atoms with Crippen LogP contribution in [0.2, 0.25) is 0 Å². The van der Waals surface area contributed by atoms with Gasteiger partial charge < -0.3 is 0 Å². The van der Waals surface area contributed by atoms with Crippen LogP contribution in [0.5, 0.6) is 0 Å². The van der Waals surface area contributed by atoms with E-state index in [9.17, 15) is 19.7 Å². The quantitative estimate of drug-likeness (QED) is 0.275. The third kappa shape index (κ3) is 4.12. The number of hydrogen-bond donors (Lipinski definition) is 1. The number of nitro benzene ring substituents is 1. The van der Waals surface area contributed by atoms with E-state index in [-0.39, 0.29) is 16.4 Å². The lowest BCUT2D eigenvalue weighted by Gasteiger charge is -2.30. The Bertz CT molecular complexity index is 1100. The van der Waals surface area contributed by atoms with Gasteiger partial charge in [0, 0.05) is 6.07 Å². The summed E-state index contributed by atoms with van der Waals surface area (Å²) in [7, 11) is 0. The van der Waals surface area contributed by atoms with E-state index in [1.165, 1.54) is 29.2 Å². The number of carbonyl (C=O) groups is 2. The highest BCUT2D eigenvalue weighted by atomic mass is 32.1. The normalized spacial score (nSPS) is 15.9. The van der Waals surface area contributed by atoms with E-state index in [1.54, 1.807) is 24.3 Å². The second kappa shape index (κ2) is 8.15. The molecule has 146 valence electrons. The van der Waals surface area contributed by atoms with E-state index in [2.05, 4.69) is 5.32 Å². The lowest BCUT2D eigenvalue weighted by Crippen LogP contribution is -2.54. The number of carbonyl (C=O) groups excluding carboxylic acids is 2. The highest BCUT2D eigenvalue weighted by molar-refractivity contribution is 7.80. The van der Waals surface area contributed by atoms with Crippen LogP contribution in [0.1, 0.15) is 16.7 Å². The van der Waals surface area contributed by atoms with Gasteiger partial charge in [-0.3, -0.25) is 29.9 Å². The molecule has 0 aliphatic carbocycles. The number of aryl methyl sites for hydroxylation is 2. The average molecular weight is 407 g/mol. The number of thiocarbonyl (C=S) groups is 1. The molecule has 1 N–H and O–H groups in total. The molecular formula is C21H17N3O4S. The zero-order valence-electron chi connectivity index (χ0n) is 15.7. The molecule has 29 heavy (non-hydrogen) atoms. The Morgan fingerprint density at radius 2 is 1.86 bits per heavy atom. The second-order valence-corrected chi connectivity index (χ2v) is 6.83. The molecule has 0 unspecified atom stereocenters. The Labute approximate surface area is 172 Å². The van der Waals surface area contributed by atoms with Gasteiger partial charge >= 0.3 is 0 Å². The molecule has 0 bridgehead atoms. The summed E-state index contributed by atoms with van der Waals surface area (Å²) in [5.41, 5.74) is 2.63. The summed E-state index contributed by atoms with van der Waals surface area (Å²) in [6.07, 6.45) is 4.23. The van der Waals surface area contributed by atoms with Crippen LogP contribution in [-0.4, -0.2) is 21.9 Å². The summed E-state index contributed by atoms with van der Waals surface area (Å²) in [5.74, 6) is -1.17. The summed E-state index contributed by atoms with van der Waals surface area (Å²) in [6.45, 7) is 3.79. The van der Waals surface area contributed by atoms with Crippen LogP contribution >= 0.6 is 12.2 Å². The summed E-state index contributed by atoms with van der Waals surface area (Å²) in [6, 6.07) is 11.7. The van der Waals surface area contributed by atoms with E-state index < -0.39 is 16.7 Å². The van der Waals surface area contributed by atoms with Gasteiger partial charge in [-0.1, -0.05) is 35.9 Å². The van der Waals surface area contributed by atoms with Gasteiger partial charge in [-0.05, 0) is 55.9 Å². The first-order valence-electron chi connectivity index (χ1n) is 8.68. The zero-order valence-corrected chi connectivity index (χ0v) is 16.5. The maximum atomic E-state index is 13.0. The Morgan fingerprint density at radius 3 is 2.55 bits per heavy atom. The first-order valence-corrected chi connectivity index (χ1v) is 9.09. The van der Waals surface area contributed by atoms with Gasteiger partial charge in [0.25, 0.3) is 17.5 Å². The molecule has 0 atom stereocenters. The molecule has 7 nitrogen and oxygen atoms in total. The largest absolute Gasteiger partial charge is 0.298 e. The van der Waals surface area contributed by atoms with Crippen molar-refractivity contribution in [3.63, 3.8) is 0 Å². The monoisotopic (exact) mass is 407 g/mol. The minimum absolute atomic E-state index is 0.00628. The number of anilines is 1. The van der Waals surface area contributed by atoms with E-state index in [0.29, 0.717) is 11.3 Å².